The summed E-state index contributed by atoms with van der Waals surface area (Å²) in [6.45, 7) is 0. The summed E-state index contributed by atoms with van der Waals surface area (Å²) in [6, 6.07) is 8.80. The van der Waals surface area contributed by atoms with Crippen LogP contribution in [0.25, 0.3) is 0 Å². The first-order valence-electron chi connectivity index (χ1n) is 5.78. The van der Waals surface area contributed by atoms with E-state index in [0.717, 1.165) is 0 Å². The Balaban J connectivity index is 2.34. The number of halogens is 2. The Bertz CT molecular complexity index is 732. The Morgan fingerprint density at radius 2 is 1.81 bits per heavy atom. The molecule has 0 bridgehead atoms. The molecule has 2 rings (SSSR count). The minimum absolute atomic E-state index is 0.0379. The first kappa shape index (κ1) is 15.2. The number of carbonyl (C=O) groups excluding carboxylic acids is 1. The van der Waals surface area contributed by atoms with Crippen molar-refractivity contribution >= 4 is 46.5 Å². The van der Waals surface area contributed by atoms with Gasteiger partial charge >= 0.3 is 5.97 Å². The Morgan fingerprint density at radius 1 is 1.10 bits per heavy atom. The molecule has 7 heteroatoms. The average molecular weight is 325 g/mol. The largest absolute Gasteiger partial charge is 0.478 e. The van der Waals surface area contributed by atoms with Crippen LogP contribution in [0.3, 0.4) is 0 Å². The highest BCUT2D eigenvalue weighted by Gasteiger charge is 2.17. The number of hydrogen-bond acceptors (Lipinski definition) is 3. The van der Waals surface area contributed by atoms with Crippen molar-refractivity contribution in [2.75, 3.05) is 11.1 Å². The number of carbonyl (C=O) groups is 2. The predicted octanol–water partition coefficient (Wildman–Crippen LogP) is 3.53. The normalized spacial score (nSPS) is 10.2. The lowest BCUT2D eigenvalue weighted by Crippen LogP contribution is -2.15. The van der Waals surface area contributed by atoms with E-state index in [1.807, 2.05) is 0 Å². The first-order chi connectivity index (χ1) is 9.90. The number of aromatic carboxylic acids is 1. The van der Waals surface area contributed by atoms with Crippen LogP contribution in [0.5, 0.6) is 0 Å². The minimum atomic E-state index is -1.23. The topological polar surface area (TPSA) is 92.4 Å². The minimum Gasteiger partial charge on any atom is -0.478 e. The Kier molecular flexibility index (Phi) is 4.35. The molecule has 0 aliphatic heterocycles. The maximum absolute atomic E-state index is 12.1. The fourth-order valence-corrected chi connectivity index (χ4v) is 2.10. The molecule has 21 heavy (non-hydrogen) atoms. The molecular weight excluding hydrogens is 315 g/mol. The molecule has 1 amide bonds. The van der Waals surface area contributed by atoms with E-state index in [0.29, 0.717) is 5.02 Å². The van der Waals surface area contributed by atoms with E-state index >= 15 is 0 Å². The number of anilines is 2. The van der Waals surface area contributed by atoms with E-state index in [9.17, 15) is 9.59 Å². The van der Waals surface area contributed by atoms with Crippen molar-refractivity contribution in [3.8, 4) is 0 Å². The molecule has 0 aliphatic carbocycles. The average Bonchev–Trinajstić information content (AvgIpc) is 2.41. The third-order valence-electron chi connectivity index (χ3n) is 2.73. The van der Waals surface area contributed by atoms with Crippen LogP contribution in [-0.2, 0) is 0 Å². The lowest BCUT2D eigenvalue weighted by atomic mass is 10.1. The molecule has 4 N–H and O–H groups in total. The molecule has 0 unspecified atom stereocenters. The highest BCUT2D eigenvalue weighted by molar-refractivity contribution is 6.34. The van der Waals surface area contributed by atoms with Crippen molar-refractivity contribution in [3.05, 3.63) is 57.6 Å². The number of benzene rings is 2. The summed E-state index contributed by atoms with van der Waals surface area (Å²) >= 11 is 11.6. The van der Waals surface area contributed by atoms with Crippen LogP contribution < -0.4 is 11.1 Å². The van der Waals surface area contributed by atoms with Gasteiger partial charge in [0, 0.05) is 5.56 Å². The van der Waals surface area contributed by atoms with Gasteiger partial charge in [-0.1, -0.05) is 29.3 Å². The van der Waals surface area contributed by atoms with Gasteiger partial charge < -0.3 is 16.2 Å². The van der Waals surface area contributed by atoms with Gasteiger partial charge in [-0.05, 0) is 30.3 Å². The standard InChI is InChI=1S/C14H10Cl2N2O3/c15-8-5-4-7(6-10(8)17)13(19)18-11-3-1-2-9(16)12(11)14(20)21/h1-6H,17H2,(H,18,19)(H,20,21). The second-order valence-corrected chi connectivity index (χ2v) is 4.97. The molecule has 0 radical (unpaired) electrons. The fourth-order valence-electron chi connectivity index (χ4n) is 1.73. The van der Waals surface area contributed by atoms with E-state index in [1.54, 1.807) is 6.07 Å². The van der Waals surface area contributed by atoms with Crippen molar-refractivity contribution in [1.29, 1.82) is 0 Å². The van der Waals surface area contributed by atoms with Gasteiger partial charge in [0.1, 0.15) is 5.56 Å². The highest BCUT2D eigenvalue weighted by Crippen LogP contribution is 2.25. The molecule has 0 aliphatic rings. The SMILES string of the molecule is Nc1cc(C(=O)Nc2cccc(Cl)c2C(=O)O)ccc1Cl. The maximum Gasteiger partial charge on any atom is 0.339 e. The second kappa shape index (κ2) is 6.03. The molecule has 0 fully saturated rings. The molecule has 0 saturated heterocycles. The van der Waals surface area contributed by atoms with Crippen molar-refractivity contribution < 1.29 is 14.7 Å². The maximum atomic E-state index is 12.1. The van der Waals surface area contributed by atoms with Crippen LogP contribution in [0.2, 0.25) is 10.0 Å². The van der Waals surface area contributed by atoms with Crippen molar-refractivity contribution in [2.45, 2.75) is 0 Å². The number of nitrogens with two attached hydrogens (primary N) is 1. The van der Waals surface area contributed by atoms with Crippen molar-refractivity contribution in [2.24, 2.45) is 0 Å². The second-order valence-electron chi connectivity index (χ2n) is 4.16. The van der Waals surface area contributed by atoms with E-state index in [1.165, 1.54) is 30.3 Å². The molecule has 108 valence electrons. The molecule has 0 atom stereocenters. The predicted molar refractivity (Wildman–Crippen MR) is 82.2 cm³/mol. The number of rotatable bonds is 3. The number of nitrogens with one attached hydrogen (secondary N) is 1. The zero-order valence-electron chi connectivity index (χ0n) is 10.6. The molecule has 0 aromatic heterocycles. The van der Waals surface area contributed by atoms with E-state index < -0.39 is 11.9 Å². The van der Waals surface area contributed by atoms with Gasteiger partial charge in [-0.2, -0.15) is 0 Å². The summed E-state index contributed by atoms with van der Waals surface area (Å²) in [4.78, 5) is 23.3. The molecular formula is C14H10Cl2N2O3. The third-order valence-corrected chi connectivity index (χ3v) is 3.39. The number of amides is 1. The van der Waals surface area contributed by atoms with Gasteiger partial charge in [0.05, 0.1) is 21.4 Å². The van der Waals surface area contributed by atoms with Gasteiger partial charge in [-0.3, -0.25) is 4.79 Å². The number of hydrogen-bond donors (Lipinski definition) is 3. The number of carboxylic acids is 1. The van der Waals surface area contributed by atoms with Gasteiger partial charge in [-0.25, -0.2) is 4.79 Å². The summed E-state index contributed by atoms with van der Waals surface area (Å²) in [6.07, 6.45) is 0. The molecule has 5 nitrogen and oxygen atoms in total. The monoisotopic (exact) mass is 324 g/mol. The van der Waals surface area contributed by atoms with Crippen LogP contribution in [0.15, 0.2) is 36.4 Å². The zero-order chi connectivity index (χ0) is 15.6. The van der Waals surface area contributed by atoms with E-state index in [-0.39, 0.29) is 27.5 Å². The molecule has 0 heterocycles. The lowest BCUT2D eigenvalue weighted by molar-refractivity contribution is 0.0698. The number of nitrogen functional groups attached to an aromatic ring is 1. The van der Waals surface area contributed by atoms with E-state index in [4.69, 9.17) is 34.0 Å². The summed E-state index contributed by atoms with van der Waals surface area (Å²) in [7, 11) is 0. The summed E-state index contributed by atoms with van der Waals surface area (Å²) in [5.74, 6) is -1.74. The summed E-state index contributed by atoms with van der Waals surface area (Å²) < 4.78 is 0. The Morgan fingerprint density at radius 3 is 2.43 bits per heavy atom. The molecule has 2 aromatic rings. The van der Waals surface area contributed by atoms with Gasteiger partial charge in [-0.15, -0.1) is 0 Å². The lowest BCUT2D eigenvalue weighted by Gasteiger charge is -2.10. The van der Waals surface area contributed by atoms with Crippen LogP contribution in [0, 0.1) is 0 Å². The van der Waals surface area contributed by atoms with Crippen molar-refractivity contribution in [3.63, 3.8) is 0 Å². The number of carboxylic acid groups (broad SMARTS) is 1. The van der Waals surface area contributed by atoms with Crippen LogP contribution in [0.1, 0.15) is 20.7 Å². The summed E-state index contributed by atoms with van der Waals surface area (Å²) in [5, 5.41) is 12.0. The fraction of sp³-hybridized carbons (Fsp3) is 0. The highest BCUT2D eigenvalue weighted by atomic mass is 35.5. The van der Waals surface area contributed by atoms with Crippen LogP contribution in [0.4, 0.5) is 11.4 Å². The quantitative estimate of drug-likeness (QED) is 0.753. The van der Waals surface area contributed by atoms with Gasteiger partial charge in [0.25, 0.3) is 5.91 Å². The molecule has 0 spiro atoms. The van der Waals surface area contributed by atoms with Gasteiger partial charge in [0.2, 0.25) is 0 Å². The molecule has 2 aromatic carbocycles. The van der Waals surface area contributed by atoms with Crippen LogP contribution in [-0.4, -0.2) is 17.0 Å². The van der Waals surface area contributed by atoms with Gasteiger partial charge in [0.15, 0.2) is 0 Å². The van der Waals surface area contributed by atoms with E-state index in [2.05, 4.69) is 5.32 Å². The van der Waals surface area contributed by atoms with Crippen LogP contribution >= 0.6 is 23.2 Å². The third kappa shape index (κ3) is 3.26. The Hall–Kier alpha value is -2.24. The first-order valence-corrected chi connectivity index (χ1v) is 6.54. The molecule has 0 saturated carbocycles. The smallest absolute Gasteiger partial charge is 0.339 e. The Labute approximate surface area is 130 Å². The summed E-state index contributed by atoms with van der Waals surface area (Å²) in [5.41, 5.74) is 6.08. The van der Waals surface area contributed by atoms with Crippen molar-refractivity contribution in [1.82, 2.24) is 0 Å². The zero-order valence-corrected chi connectivity index (χ0v) is 12.1.